The summed E-state index contributed by atoms with van der Waals surface area (Å²) in [7, 11) is 0. The number of carbonyl (C=O) groups is 1. The molecule has 1 saturated heterocycles. The number of aryl methyl sites for hydroxylation is 1. The molecular formula is C15H23N3O2. The van der Waals surface area contributed by atoms with Gasteiger partial charge in [0.2, 0.25) is 0 Å². The molecule has 1 aliphatic heterocycles. The molecule has 1 aromatic heterocycles. The molecule has 0 aliphatic carbocycles. The number of carbonyl (C=O) groups excluding carboxylic acids is 1. The Morgan fingerprint density at radius 3 is 2.80 bits per heavy atom. The molecule has 20 heavy (non-hydrogen) atoms. The molecule has 0 saturated carbocycles. The van der Waals surface area contributed by atoms with Gasteiger partial charge in [-0.3, -0.25) is 9.59 Å². The van der Waals surface area contributed by atoms with Crippen molar-refractivity contribution < 1.29 is 4.79 Å². The third-order valence-corrected chi connectivity index (χ3v) is 3.91. The normalized spacial score (nSPS) is 17.1. The summed E-state index contributed by atoms with van der Waals surface area (Å²) in [5.41, 5.74) is 0.713. The second-order valence-electron chi connectivity index (χ2n) is 5.53. The molecule has 2 rings (SSSR count). The van der Waals surface area contributed by atoms with Gasteiger partial charge < -0.3 is 15.2 Å². The Bertz CT molecular complexity index is 518. The molecule has 1 amide bonds. The zero-order valence-electron chi connectivity index (χ0n) is 12.2. The number of amides is 1. The number of hydrogen-bond acceptors (Lipinski definition) is 3. The average molecular weight is 277 g/mol. The summed E-state index contributed by atoms with van der Waals surface area (Å²) < 4.78 is 0. The fourth-order valence-corrected chi connectivity index (χ4v) is 2.61. The zero-order valence-corrected chi connectivity index (χ0v) is 12.2. The molecule has 1 aromatic rings. The van der Waals surface area contributed by atoms with Crippen LogP contribution in [0.5, 0.6) is 0 Å². The standard InChI is InChI=1S/C15H23N3O2/c1-11-9-14(19)13(10-17-11)15(20)16-6-5-12(2)18-7-3-4-8-18/h9-10,12H,3-8H2,1-2H3,(H,16,20)(H,17,19). The molecule has 1 aliphatic rings. The third kappa shape index (κ3) is 3.70. The van der Waals surface area contributed by atoms with Crippen molar-refractivity contribution >= 4 is 5.91 Å². The fourth-order valence-electron chi connectivity index (χ4n) is 2.61. The Labute approximate surface area is 119 Å². The molecular weight excluding hydrogens is 254 g/mol. The van der Waals surface area contributed by atoms with Gasteiger partial charge in [0.15, 0.2) is 5.43 Å². The van der Waals surface area contributed by atoms with Crippen LogP contribution in [0.15, 0.2) is 17.1 Å². The van der Waals surface area contributed by atoms with E-state index in [-0.39, 0.29) is 16.9 Å². The van der Waals surface area contributed by atoms with Crippen LogP contribution in [0, 0.1) is 6.92 Å². The van der Waals surface area contributed by atoms with Gasteiger partial charge in [0.25, 0.3) is 5.91 Å². The number of nitrogens with zero attached hydrogens (tertiary/aromatic N) is 1. The maximum Gasteiger partial charge on any atom is 0.256 e. The number of aromatic amines is 1. The number of hydrogen-bond donors (Lipinski definition) is 2. The van der Waals surface area contributed by atoms with E-state index in [9.17, 15) is 9.59 Å². The van der Waals surface area contributed by atoms with Gasteiger partial charge >= 0.3 is 0 Å². The number of H-pyrrole nitrogens is 1. The fraction of sp³-hybridized carbons (Fsp3) is 0.600. The molecule has 110 valence electrons. The van der Waals surface area contributed by atoms with Crippen molar-refractivity contribution in [2.24, 2.45) is 0 Å². The lowest BCUT2D eigenvalue weighted by molar-refractivity contribution is 0.0948. The largest absolute Gasteiger partial charge is 0.364 e. The summed E-state index contributed by atoms with van der Waals surface area (Å²) in [5.74, 6) is -0.292. The monoisotopic (exact) mass is 277 g/mol. The number of aromatic nitrogens is 1. The van der Waals surface area contributed by atoms with Crippen molar-refractivity contribution in [1.82, 2.24) is 15.2 Å². The lowest BCUT2D eigenvalue weighted by Gasteiger charge is -2.23. The van der Waals surface area contributed by atoms with Crippen molar-refractivity contribution in [3.05, 3.63) is 33.7 Å². The molecule has 0 radical (unpaired) electrons. The SMILES string of the molecule is Cc1cc(=O)c(C(=O)NCCC(C)N2CCCC2)c[nH]1. The Balaban J connectivity index is 1.81. The van der Waals surface area contributed by atoms with Crippen LogP contribution in [0.3, 0.4) is 0 Å². The number of rotatable bonds is 5. The summed E-state index contributed by atoms with van der Waals surface area (Å²) in [5, 5.41) is 2.83. The summed E-state index contributed by atoms with van der Waals surface area (Å²) in [6.45, 7) is 6.90. The Morgan fingerprint density at radius 1 is 1.45 bits per heavy atom. The first kappa shape index (κ1) is 14.8. The quantitative estimate of drug-likeness (QED) is 0.852. The molecule has 2 heterocycles. The minimum Gasteiger partial charge on any atom is -0.364 e. The van der Waals surface area contributed by atoms with E-state index < -0.39 is 0 Å². The maximum absolute atomic E-state index is 11.9. The van der Waals surface area contributed by atoms with Crippen LogP contribution in [0.25, 0.3) is 0 Å². The second kappa shape index (κ2) is 6.70. The molecule has 5 nitrogen and oxygen atoms in total. The lowest BCUT2D eigenvalue weighted by atomic mass is 10.2. The summed E-state index contributed by atoms with van der Waals surface area (Å²) in [4.78, 5) is 29.0. The van der Waals surface area contributed by atoms with E-state index >= 15 is 0 Å². The summed E-state index contributed by atoms with van der Waals surface area (Å²) in [6, 6.07) is 1.93. The van der Waals surface area contributed by atoms with Crippen molar-refractivity contribution in [3.8, 4) is 0 Å². The topological polar surface area (TPSA) is 65.2 Å². The smallest absolute Gasteiger partial charge is 0.256 e. The average Bonchev–Trinajstić information content (AvgIpc) is 2.92. The van der Waals surface area contributed by atoms with E-state index in [1.165, 1.54) is 25.1 Å². The highest BCUT2D eigenvalue weighted by atomic mass is 16.2. The predicted octanol–water partition coefficient (Wildman–Crippen LogP) is 1.29. The first-order valence-electron chi connectivity index (χ1n) is 7.29. The van der Waals surface area contributed by atoms with E-state index in [4.69, 9.17) is 0 Å². The number of likely N-dealkylation sites (tertiary alicyclic amines) is 1. The molecule has 2 N–H and O–H groups in total. The molecule has 0 spiro atoms. The molecule has 0 aromatic carbocycles. The van der Waals surface area contributed by atoms with Crippen molar-refractivity contribution in [2.45, 2.75) is 39.2 Å². The third-order valence-electron chi connectivity index (χ3n) is 3.91. The van der Waals surface area contributed by atoms with E-state index in [1.807, 2.05) is 0 Å². The molecule has 0 bridgehead atoms. The lowest BCUT2D eigenvalue weighted by Crippen LogP contribution is -2.35. The van der Waals surface area contributed by atoms with Crippen LogP contribution in [0.2, 0.25) is 0 Å². The Kier molecular flexibility index (Phi) is 4.95. The van der Waals surface area contributed by atoms with Crippen LogP contribution in [0.4, 0.5) is 0 Å². The van der Waals surface area contributed by atoms with Crippen LogP contribution in [0.1, 0.15) is 42.2 Å². The minimum absolute atomic E-state index is 0.185. The first-order chi connectivity index (χ1) is 9.58. The van der Waals surface area contributed by atoms with Gasteiger partial charge in [-0.1, -0.05) is 0 Å². The molecule has 1 fully saturated rings. The summed E-state index contributed by atoms with van der Waals surface area (Å²) in [6.07, 6.45) is 4.94. The molecule has 1 unspecified atom stereocenters. The van der Waals surface area contributed by atoms with E-state index in [0.29, 0.717) is 12.6 Å². The van der Waals surface area contributed by atoms with Gasteiger partial charge in [-0.25, -0.2) is 0 Å². The van der Waals surface area contributed by atoms with Gasteiger partial charge in [-0.2, -0.15) is 0 Å². The van der Waals surface area contributed by atoms with Gasteiger partial charge in [-0.15, -0.1) is 0 Å². The Morgan fingerprint density at radius 2 is 2.15 bits per heavy atom. The van der Waals surface area contributed by atoms with Crippen LogP contribution in [-0.2, 0) is 0 Å². The van der Waals surface area contributed by atoms with E-state index in [1.54, 1.807) is 6.92 Å². The number of pyridine rings is 1. The maximum atomic E-state index is 11.9. The van der Waals surface area contributed by atoms with Crippen LogP contribution < -0.4 is 10.7 Å². The predicted molar refractivity (Wildman–Crippen MR) is 79.0 cm³/mol. The van der Waals surface area contributed by atoms with Crippen LogP contribution >= 0.6 is 0 Å². The Hall–Kier alpha value is -1.62. The zero-order chi connectivity index (χ0) is 14.5. The van der Waals surface area contributed by atoms with Gasteiger partial charge in [-0.05, 0) is 46.2 Å². The van der Waals surface area contributed by atoms with Crippen LogP contribution in [-0.4, -0.2) is 41.5 Å². The van der Waals surface area contributed by atoms with E-state index in [2.05, 4.69) is 22.1 Å². The molecule has 5 heteroatoms. The highest BCUT2D eigenvalue weighted by Gasteiger charge is 2.18. The van der Waals surface area contributed by atoms with Gasteiger partial charge in [0.05, 0.1) is 0 Å². The highest BCUT2D eigenvalue weighted by molar-refractivity contribution is 5.93. The second-order valence-corrected chi connectivity index (χ2v) is 5.53. The van der Waals surface area contributed by atoms with E-state index in [0.717, 1.165) is 25.2 Å². The summed E-state index contributed by atoms with van der Waals surface area (Å²) >= 11 is 0. The number of nitrogens with one attached hydrogen (secondary N) is 2. The highest BCUT2D eigenvalue weighted by Crippen LogP contribution is 2.13. The first-order valence-corrected chi connectivity index (χ1v) is 7.29. The van der Waals surface area contributed by atoms with Gasteiger partial charge in [0.1, 0.15) is 5.56 Å². The minimum atomic E-state index is -0.292. The van der Waals surface area contributed by atoms with Crippen molar-refractivity contribution in [2.75, 3.05) is 19.6 Å². The van der Waals surface area contributed by atoms with Crippen molar-refractivity contribution in [1.29, 1.82) is 0 Å². The molecule has 1 atom stereocenters. The van der Waals surface area contributed by atoms with Crippen molar-refractivity contribution in [3.63, 3.8) is 0 Å². The van der Waals surface area contributed by atoms with Gasteiger partial charge in [0, 0.05) is 30.5 Å².